The Morgan fingerprint density at radius 2 is 1.24 bits per heavy atom. The molecule has 0 unspecified atom stereocenters. The van der Waals surface area contributed by atoms with Crippen molar-refractivity contribution in [3.05, 3.63) is 37.0 Å². The summed E-state index contributed by atoms with van der Waals surface area (Å²) in [5.41, 5.74) is 1.26. The van der Waals surface area contributed by atoms with E-state index in [0.29, 0.717) is 11.8 Å². The lowest BCUT2D eigenvalue weighted by atomic mass is 10.1. The van der Waals surface area contributed by atoms with Crippen molar-refractivity contribution >= 4 is 0 Å². The summed E-state index contributed by atoms with van der Waals surface area (Å²) in [4.78, 5) is 0. The van der Waals surface area contributed by atoms with E-state index in [1.54, 1.807) is 0 Å². The van der Waals surface area contributed by atoms with Crippen LogP contribution in [0.25, 0.3) is 0 Å². The molecule has 0 atom stereocenters. The van der Waals surface area contributed by atoms with Gasteiger partial charge in [-0.3, -0.25) is 0 Å². The summed E-state index contributed by atoms with van der Waals surface area (Å²) in [6.45, 7) is 24.2. The summed E-state index contributed by atoms with van der Waals surface area (Å²) in [7, 11) is 0. The van der Waals surface area contributed by atoms with Crippen LogP contribution in [0.4, 0.5) is 0 Å². The second kappa shape index (κ2) is 15.2. The van der Waals surface area contributed by atoms with Crippen molar-refractivity contribution in [2.24, 2.45) is 17.8 Å². The molecule has 0 aliphatic rings. The molecule has 0 bridgehead atoms. The van der Waals surface area contributed by atoms with E-state index in [1.807, 2.05) is 19.9 Å². The van der Waals surface area contributed by atoms with E-state index < -0.39 is 0 Å². The standard InChI is InChI=1S/2C6H12.C5H10/c1-5(2)6(3)4;1-4-5-6(2)3;1-4-5(2)3/h6H,1H2,2-4H3;4-6H,1-3H3;4-5H,1H2,2-3H3/b;5-4+;. The molecule has 0 aliphatic carbocycles. The summed E-state index contributed by atoms with van der Waals surface area (Å²) in [6, 6.07) is 0. The number of allylic oxidation sites excluding steroid dienone is 4. The average molecular weight is 238 g/mol. The number of hydrogen-bond donors (Lipinski definition) is 0. The van der Waals surface area contributed by atoms with Gasteiger partial charge in [0.2, 0.25) is 0 Å². The van der Waals surface area contributed by atoms with Crippen molar-refractivity contribution in [3.63, 3.8) is 0 Å². The van der Waals surface area contributed by atoms with Gasteiger partial charge in [-0.05, 0) is 31.6 Å². The lowest BCUT2D eigenvalue weighted by Gasteiger charge is -1.97. The minimum absolute atomic E-state index is 0.648. The van der Waals surface area contributed by atoms with Gasteiger partial charge in [0.1, 0.15) is 0 Å². The maximum absolute atomic E-state index is 3.75. The van der Waals surface area contributed by atoms with Gasteiger partial charge in [-0.2, -0.15) is 0 Å². The molecule has 0 nitrogen and oxygen atoms in total. The molecule has 17 heavy (non-hydrogen) atoms. The van der Waals surface area contributed by atoms with Crippen LogP contribution < -0.4 is 0 Å². The molecule has 0 saturated carbocycles. The van der Waals surface area contributed by atoms with E-state index in [4.69, 9.17) is 0 Å². The van der Waals surface area contributed by atoms with Gasteiger partial charge < -0.3 is 0 Å². The molecule has 0 spiro atoms. The molecule has 0 saturated heterocycles. The van der Waals surface area contributed by atoms with Crippen molar-refractivity contribution in [1.29, 1.82) is 0 Å². The third-order valence-corrected chi connectivity index (χ3v) is 2.03. The summed E-state index contributed by atoms with van der Waals surface area (Å²) >= 11 is 0. The predicted molar refractivity (Wildman–Crippen MR) is 84.3 cm³/mol. The highest BCUT2D eigenvalue weighted by Crippen LogP contribution is 2.02. The van der Waals surface area contributed by atoms with Gasteiger partial charge in [-0.1, -0.05) is 71.9 Å². The van der Waals surface area contributed by atoms with Crippen LogP contribution in [0.3, 0.4) is 0 Å². The fourth-order valence-corrected chi connectivity index (χ4v) is 0.385. The monoisotopic (exact) mass is 238 g/mol. The number of hydrogen-bond acceptors (Lipinski definition) is 0. The Morgan fingerprint density at radius 3 is 1.24 bits per heavy atom. The van der Waals surface area contributed by atoms with Gasteiger partial charge in [0, 0.05) is 0 Å². The van der Waals surface area contributed by atoms with Crippen molar-refractivity contribution in [2.45, 2.75) is 55.4 Å². The van der Waals surface area contributed by atoms with Crippen molar-refractivity contribution < 1.29 is 0 Å². The predicted octanol–water partition coefficient (Wildman–Crippen LogP) is 6.27. The Bertz CT molecular complexity index is 192. The van der Waals surface area contributed by atoms with Gasteiger partial charge in [-0.25, -0.2) is 0 Å². The van der Waals surface area contributed by atoms with E-state index in [-0.39, 0.29) is 0 Å². The Kier molecular flexibility index (Phi) is 19.2. The molecule has 0 heterocycles. The minimum atomic E-state index is 0.648. The number of rotatable bonds is 3. The smallest absolute Gasteiger partial charge is 0.0266 e. The van der Waals surface area contributed by atoms with Gasteiger partial charge in [-0.15, -0.1) is 6.58 Å². The molecule has 0 aromatic rings. The first-order chi connectivity index (χ1) is 7.68. The Hall–Kier alpha value is -0.780. The zero-order valence-corrected chi connectivity index (χ0v) is 13.4. The van der Waals surface area contributed by atoms with Crippen LogP contribution in [0.2, 0.25) is 0 Å². The summed E-state index contributed by atoms with van der Waals surface area (Å²) in [6.07, 6.45) is 6.16. The molecule has 0 N–H and O–H groups in total. The fraction of sp³-hybridized carbons (Fsp3) is 0.647. The first kappa shape index (κ1) is 21.5. The lowest BCUT2D eigenvalue weighted by Crippen LogP contribution is -1.83. The van der Waals surface area contributed by atoms with E-state index in [0.717, 1.165) is 5.92 Å². The van der Waals surface area contributed by atoms with E-state index in [2.05, 4.69) is 66.9 Å². The highest BCUT2D eigenvalue weighted by atomic mass is 13.9. The Labute approximate surface area is 111 Å². The van der Waals surface area contributed by atoms with Gasteiger partial charge in [0.25, 0.3) is 0 Å². The minimum Gasteiger partial charge on any atom is -0.103 e. The van der Waals surface area contributed by atoms with Crippen molar-refractivity contribution in [2.75, 3.05) is 0 Å². The Balaban J connectivity index is -0.000000174. The van der Waals surface area contributed by atoms with Crippen LogP contribution in [0, 0.1) is 17.8 Å². The molecule has 102 valence electrons. The molecule has 0 fully saturated rings. The molecule has 0 amide bonds. The van der Waals surface area contributed by atoms with Crippen LogP contribution in [0.5, 0.6) is 0 Å². The third kappa shape index (κ3) is 39.4. The highest BCUT2D eigenvalue weighted by Gasteiger charge is 1.87. The normalized spacial score (nSPS) is 9.82. The second-order valence-electron chi connectivity index (χ2n) is 5.25. The summed E-state index contributed by atoms with van der Waals surface area (Å²) < 4.78 is 0. The zero-order chi connectivity index (χ0) is 14.4. The summed E-state index contributed by atoms with van der Waals surface area (Å²) in [5, 5.41) is 0. The molecular formula is C17H34. The third-order valence-electron chi connectivity index (χ3n) is 2.03. The zero-order valence-electron chi connectivity index (χ0n) is 13.4. The topological polar surface area (TPSA) is 0 Å². The maximum atomic E-state index is 3.75. The van der Waals surface area contributed by atoms with Crippen LogP contribution in [-0.4, -0.2) is 0 Å². The quantitative estimate of drug-likeness (QED) is 0.509. The van der Waals surface area contributed by atoms with Gasteiger partial charge in [0.05, 0.1) is 0 Å². The highest BCUT2D eigenvalue weighted by molar-refractivity contribution is 4.90. The first-order valence-corrected chi connectivity index (χ1v) is 6.59. The largest absolute Gasteiger partial charge is 0.103 e. The lowest BCUT2D eigenvalue weighted by molar-refractivity contribution is 0.773. The van der Waals surface area contributed by atoms with Crippen molar-refractivity contribution in [1.82, 2.24) is 0 Å². The average Bonchev–Trinajstić information content (AvgIpc) is 2.19. The molecule has 0 rings (SSSR count). The first-order valence-electron chi connectivity index (χ1n) is 6.59. The van der Waals surface area contributed by atoms with Crippen LogP contribution in [0.15, 0.2) is 37.0 Å². The molecule has 0 radical (unpaired) electrons. The molecule has 0 heteroatoms. The van der Waals surface area contributed by atoms with E-state index in [1.165, 1.54) is 5.57 Å². The second-order valence-corrected chi connectivity index (χ2v) is 5.25. The van der Waals surface area contributed by atoms with Gasteiger partial charge in [0.15, 0.2) is 0 Å². The maximum Gasteiger partial charge on any atom is -0.0266 e. The Morgan fingerprint density at radius 1 is 0.941 bits per heavy atom. The fourth-order valence-electron chi connectivity index (χ4n) is 0.385. The van der Waals surface area contributed by atoms with Crippen molar-refractivity contribution in [3.8, 4) is 0 Å². The summed E-state index contributed by atoms with van der Waals surface area (Å²) in [5.74, 6) is 2.02. The van der Waals surface area contributed by atoms with Gasteiger partial charge >= 0.3 is 0 Å². The molecule has 0 aromatic heterocycles. The molecule has 0 aliphatic heterocycles. The molecule has 0 aromatic carbocycles. The van der Waals surface area contributed by atoms with Crippen LogP contribution in [0.1, 0.15) is 55.4 Å². The SMILES string of the molecule is C/C=C/C(C)C.C=C(C)C(C)C.C=CC(C)C. The van der Waals surface area contributed by atoms with Crippen LogP contribution >= 0.6 is 0 Å². The van der Waals surface area contributed by atoms with E-state index >= 15 is 0 Å². The van der Waals surface area contributed by atoms with E-state index in [9.17, 15) is 0 Å². The van der Waals surface area contributed by atoms with Crippen LogP contribution in [-0.2, 0) is 0 Å². The molecular weight excluding hydrogens is 204 g/mol.